The molecular formula is C15H15BBrNO2. The van der Waals surface area contributed by atoms with Crippen molar-refractivity contribution in [2.75, 3.05) is 0 Å². The molecule has 0 spiro atoms. The lowest BCUT2D eigenvalue weighted by Crippen LogP contribution is -2.24. The van der Waals surface area contributed by atoms with Crippen LogP contribution in [0.2, 0.25) is 6.82 Å². The van der Waals surface area contributed by atoms with Crippen LogP contribution in [-0.4, -0.2) is 6.92 Å². The van der Waals surface area contributed by atoms with E-state index in [0.29, 0.717) is 13.2 Å². The van der Waals surface area contributed by atoms with Crippen molar-refractivity contribution in [1.82, 2.24) is 0 Å². The van der Waals surface area contributed by atoms with E-state index in [1.54, 1.807) is 0 Å². The Bertz CT molecular complexity index is 648. The number of fused-ring (bicyclic) bond motifs is 1. The SMILES string of the molecule is CB1OCc2ccc(Oc3ccc(CN)cc3Br)cc21. The fraction of sp³-hybridized carbons (Fsp3) is 0.200. The monoisotopic (exact) mass is 331 g/mol. The Balaban J connectivity index is 1.87. The average molecular weight is 332 g/mol. The highest BCUT2D eigenvalue weighted by atomic mass is 79.9. The van der Waals surface area contributed by atoms with Crippen LogP contribution in [-0.2, 0) is 17.8 Å². The van der Waals surface area contributed by atoms with Crippen LogP contribution in [0.15, 0.2) is 40.9 Å². The molecule has 2 aromatic carbocycles. The van der Waals surface area contributed by atoms with Gasteiger partial charge in [0, 0.05) is 6.54 Å². The molecule has 0 radical (unpaired) electrons. The second kappa shape index (κ2) is 5.60. The van der Waals surface area contributed by atoms with Gasteiger partial charge in [-0.05, 0) is 56.8 Å². The van der Waals surface area contributed by atoms with E-state index < -0.39 is 0 Å². The van der Waals surface area contributed by atoms with Crippen molar-refractivity contribution in [3.63, 3.8) is 0 Å². The Kier molecular flexibility index (Phi) is 3.83. The molecule has 102 valence electrons. The number of nitrogens with two attached hydrogens (primary N) is 1. The summed E-state index contributed by atoms with van der Waals surface area (Å²) in [6, 6.07) is 12.0. The van der Waals surface area contributed by atoms with Crippen LogP contribution >= 0.6 is 15.9 Å². The van der Waals surface area contributed by atoms with Gasteiger partial charge >= 0.3 is 6.92 Å². The lowest BCUT2D eigenvalue weighted by atomic mass is 9.64. The maximum atomic E-state index is 5.94. The molecule has 0 unspecified atom stereocenters. The molecule has 5 heteroatoms. The molecule has 1 aliphatic rings. The van der Waals surface area contributed by atoms with Crippen molar-refractivity contribution in [3.05, 3.63) is 52.0 Å². The van der Waals surface area contributed by atoms with Crippen LogP contribution in [0.5, 0.6) is 11.5 Å². The lowest BCUT2D eigenvalue weighted by molar-refractivity contribution is 0.333. The van der Waals surface area contributed by atoms with Gasteiger partial charge in [0.05, 0.1) is 11.1 Å². The Morgan fingerprint density at radius 2 is 2.15 bits per heavy atom. The first-order chi connectivity index (χ1) is 9.67. The van der Waals surface area contributed by atoms with E-state index in [2.05, 4.69) is 34.9 Å². The van der Waals surface area contributed by atoms with Gasteiger partial charge in [0.2, 0.25) is 0 Å². The molecule has 3 nitrogen and oxygen atoms in total. The first kappa shape index (κ1) is 13.7. The van der Waals surface area contributed by atoms with Crippen molar-refractivity contribution >= 4 is 28.3 Å². The van der Waals surface area contributed by atoms with Crippen LogP contribution < -0.4 is 15.9 Å². The fourth-order valence-corrected chi connectivity index (χ4v) is 2.84. The van der Waals surface area contributed by atoms with Crippen LogP contribution in [0.1, 0.15) is 11.1 Å². The molecule has 2 N–H and O–H groups in total. The number of rotatable bonds is 3. The zero-order valence-electron chi connectivity index (χ0n) is 11.2. The molecule has 0 bridgehead atoms. The minimum Gasteiger partial charge on any atom is -0.456 e. The molecule has 1 heterocycles. The standard InChI is InChI=1S/C15H15BBrNO2/c1-16-13-7-12(4-3-11(13)9-19-16)20-15-5-2-10(8-18)6-14(15)17/h2-7H,8-9,18H2,1H3. The van der Waals surface area contributed by atoms with Crippen LogP contribution in [0.25, 0.3) is 0 Å². The number of ether oxygens (including phenoxy) is 1. The van der Waals surface area contributed by atoms with Gasteiger partial charge in [-0.3, -0.25) is 0 Å². The van der Waals surface area contributed by atoms with Gasteiger partial charge in [-0.1, -0.05) is 19.0 Å². The van der Waals surface area contributed by atoms with E-state index in [1.807, 2.05) is 24.3 Å². The zero-order valence-corrected chi connectivity index (χ0v) is 12.8. The summed E-state index contributed by atoms with van der Waals surface area (Å²) in [6.45, 7) is 3.40. The fourth-order valence-electron chi connectivity index (χ4n) is 2.33. The summed E-state index contributed by atoms with van der Waals surface area (Å²) in [5, 5.41) is 0. The van der Waals surface area contributed by atoms with Crippen LogP contribution in [0.4, 0.5) is 0 Å². The summed E-state index contributed by atoms with van der Waals surface area (Å²) in [5.74, 6) is 1.61. The number of hydrogen-bond donors (Lipinski definition) is 1. The maximum absolute atomic E-state index is 5.94. The molecule has 0 atom stereocenters. The van der Waals surface area contributed by atoms with Crippen LogP contribution in [0, 0.1) is 0 Å². The van der Waals surface area contributed by atoms with Crippen molar-refractivity contribution in [1.29, 1.82) is 0 Å². The molecule has 3 rings (SSSR count). The lowest BCUT2D eigenvalue weighted by Gasteiger charge is -2.10. The average Bonchev–Trinajstić information content (AvgIpc) is 2.82. The molecular weight excluding hydrogens is 317 g/mol. The second-order valence-electron chi connectivity index (χ2n) is 4.88. The molecule has 20 heavy (non-hydrogen) atoms. The van der Waals surface area contributed by atoms with E-state index in [1.165, 1.54) is 11.0 Å². The minimum atomic E-state index is 0.136. The first-order valence-corrected chi connectivity index (χ1v) is 7.37. The summed E-state index contributed by atoms with van der Waals surface area (Å²) in [7, 11) is 0. The molecule has 0 amide bonds. The van der Waals surface area contributed by atoms with Gasteiger partial charge in [-0.25, -0.2) is 0 Å². The Hall–Kier alpha value is -1.30. The van der Waals surface area contributed by atoms with Crippen molar-refractivity contribution in [3.8, 4) is 11.5 Å². The molecule has 0 aromatic heterocycles. The molecule has 0 fully saturated rings. The van der Waals surface area contributed by atoms with Crippen molar-refractivity contribution in [2.45, 2.75) is 20.0 Å². The second-order valence-corrected chi connectivity index (χ2v) is 5.74. The first-order valence-electron chi connectivity index (χ1n) is 6.58. The highest BCUT2D eigenvalue weighted by molar-refractivity contribution is 9.10. The third-order valence-corrected chi connectivity index (χ3v) is 4.12. The summed E-state index contributed by atoms with van der Waals surface area (Å²) in [5.41, 5.74) is 9.14. The molecule has 1 aliphatic heterocycles. The normalized spacial score (nSPS) is 13.4. The quantitative estimate of drug-likeness (QED) is 0.879. The molecule has 2 aromatic rings. The largest absolute Gasteiger partial charge is 0.456 e. The van der Waals surface area contributed by atoms with Gasteiger partial charge in [0.25, 0.3) is 0 Å². The number of halogens is 1. The van der Waals surface area contributed by atoms with E-state index in [-0.39, 0.29) is 6.92 Å². The predicted molar refractivity (Wildman–Crippen MR) is 84.6 cm³/mol. The third-order valence-electron chi connectivity index (χ3n) is 3.50. The van der Waals surface area contributed by atoms with Gasteiger partial charge in [-0.2, -0.15) is 0 Å². The third kappa shape index (κ3) is 2.61. The summed E-state index contributed by atoms with van der Waals surface area (Å²) < 4.78 is 12.5. The molecule has 0 saturated carbocycles. The van der Waals surface area contributed by atoms with Crippen molar-refractivity contribution < 1.29 is 9.39 Å². The van der Waals surface area contributed by atoms with Gasteiger partial charge in [-0.15, -0.1) is 0 Å². The van der Waals surface area contributed by atoms with E-state index in [9.17, 15) is 0 Å². The predicted octanol–water partition coefficient (Wildman–Crippen LogP) is 3.06. The maximum Gasteiger partial charge on any atom is 0.324 e. The smallest absolute Gasteiger partial charge is 0.324 e. The Labute approximate surface area is 127 Å². The highest BCUT2D eigenvalue weighted by Crippen LogP contribution is 2.30. The Morgan fingerprint density at radius 1 is 1.30 bits per heavy atom. The summed E-state index contributed by atoms with van der Waals surface area (Å²) >= 11 is 3.51. The Morgan fingerprint density at radius 3 is 2.90 bits per heavy atom. The van der Waals surface area contributed by atoms with E-state index >= 15 is 0 Å². The van der Waals surface area contributed by atoms with Gasteiger partial charge in [0.15, 0.2) is 0 Å². The van der Waals surface area contributed by atoms with Crippen LogP contribution in [0.3, 0.4) is 0 Å². The molecule has 0 saturated heterocycles. The highest BCUT2D eigenvalue weighted by Gasteiger charge is 2.23. The number of benzene rings is 2. The van der Waals surface area contributed by atoms with Gasteiger partial charge in [0.1, 0.15) is 11.5 Å². The van der Waals surface area contributed by atoms with E-state index in [4.69, 9.17) is 15.1 Å². The van der Waals surface area contributed by atoms with E-state index in [0.717, 1.165) is 21.5 Å². The summed E-state index contributed by atoms with van der Waals surface area (Å²) in [4.78, 5) is 0. The topological polar surface area (TPSA) is 44.5 Å². The molecule has 0 aliphatic carbocycles. The van der Waals surface area contributed by atoms with Crippen molar-refractivity contribution in [2.24, 2.45) is 5.73 Å². The zero-order chi connectivity index (χ0) is 14.1. The van der Waals surface area contributed by atoms with Gasteiger partial charge < -0.3 is 15.1 Å². The minimum absolute atomic E-state index is 0.136. The summed E-state index contributed by atoms with van der Waals surface area (Å²) in [6.07, 6.45) is 0. The number of hydrogen-bond acceptors (Lipinski definition) is 3.